The largest absolute Gasteiger partial charge is 0.395 e. The van der Waals surface area contributed by atoms with Crippen LogP contribution in [0.25, 0.3) is 0 Å². The van der Waals surface area contributed by atoms with Gasteiger partial charge in [-0.15, -0.1) is 0 Å². The third-order valence-electron chi connectivity index (χ3n) is 5.53. The number of unbranched alkanes of at least 4 members (excludes halogenated alkanes) is 15. The van der Waals surface area contributed by atoms with E-state index in [1.165, 1.54) is 96.3 Å². The first-order chi connectivity index (χ1) is 13.8. The summed E-state index contributed by atoms with van der Waals surface area (Å²) in [6.07, 6.45) is 22.3. The molecule has 0 amide bonds. The Morgan fingerprint density at radius 2 is 0.893 bits per heavy atom. The first-order valence-corrected chi connectivity index (χ1v) is 12.4. The highest BCUT2D eigenvalue weighted by Crippen LogP contribution is 2.13. The van der Waals surface area contributed by atoms with Crippen LogP contribution in [0.5, 0.6) is 0 Å². The van der Waals surface area contributed by atoms with E-state index in [4.69, 9.17) is 14.9 Å². The second-order valence-electron chi connectivity index (χ2n) is 8.20. The summed E-state index contributed by atoms with van der Waals surface area (Å²) in [5, 5.41) is 17.9. The molecule has 0 aromatic carbocycles. The van der Waals surface area contributed by atoms with Crippen LogP contribution in [0.4, 0.5) is 0 Å². The van der Waals surface area contributed by atoms with Gasteiger partial charge >= 0.3 is 0 Å². The fourth-order valence-electron chi connectivity index (χ4n) is 3.67. The number of ether oxygens (including phenoxy) is 1. The van der Waals surface area contributed by atoms with Gasteiger partial charge in [-0.2, -0.15) is 0 Å². The van der Waals surface area contributed by atoms with Crippen LogP contribution in [0, 0.1) is 0 Å². The van der Waals surface area contributed by atoms with E-state index in [1.807, 2.05) is 4.90 Å². The Balaban J connectivity index is 3.12. The summed E-state index contributed by atoms with van der Waals surface area (Å²) in [5.74, 6) is 0. The molecule has 0 aromatic rings. The van der Waals surface area contributed by atoms with Gasteiger partial charge in [0.15, 0.2) is 0 Å². The molecule has 0 radical (unpaired) electrons. The number of nitrogens with zero attached hydrogens (tertiary/aromatic N) is 1. The van der Waals surface area contributed by atoms with Crippen molar-refractivity contribution in [1.82, 2.24) is 4.90 Å². The lowest BCUT2D eigenvalue weighted by molar-refractivity contribution is 0.0849. The molecule has 0 bridgehead atoms. The Labute approximate surface area is 176 Å². The van der Waals surface area contributed by atoms with Crippen LogP contribution < -0.4 is 0 Å². The molecule has 2 N–H and O–H groups in total. The zero-order valence-corrected chi connectivity index (χ0v) is 19.0. The first-order valence-electron chi connectivity index (χ1n) is 12.4. The molecule has 0 aliphatic heterocycles. The number of aliphatic hydroxyl groups excluding tert-OH is 2. The minimum Gasteiger partial charge on any atom is -0.395 e. The standard InChI is InChI=1S/C24H51NO3/c1-2-3-4-5-6-7-8-9-10-11-12-13-14-15-16-17-23-28-24-20-25(18-21-26)19-22-27/h26-27H,2-24H2,1H3. The molecule has 0 atom stereocenters. The van der Waals surface area contributed by atoms with Gasteiger partial charge in [-0.1, -0.05) is 103 Å². The van der Waals surface area contributed by atoms with Crippen LogP contribution in [-0.4, -0.2) is 61.2 Å². The molecule has 0 rings (SSSR count). The van der Waals surface area contributed by atoms with Crippen molar-refractivity contribution in [2.24, 2.45) is 0 Å². The first kappa shape index (κ1) is 27.8. The molecular formula is C24H51NO3. The molecule has 4 nitrogen and oxygen atoms in total. The van der Waals surface area contributed by atoms with Gasteiger partial charge in [0.2, 0.25) is 0 Å². The lowest BCUT2D eigenvalue weighted by Crippen LogP contribution is -2.33. The second-order valence-corrected chi connectivity index (χ2v) is 8.20. The lowest BCUT2D eigenvalue weighted by Gasteiger charge is -2.19. The van der Waals surface area contributed by atoms with Gasteiger partial charge in [-0.3, -0.25) is 4.90 Å². The molecule has 0 fully saturated rings. The van der Waals surface area contributed by atoms with Gasteiger partial charge in [0.05, 0.1) is 19.8 Å². The highest BCUT2D eigenvalue weighted by Gasteiger charge is 2.02. The summed E-state index contributed by atoms with van der Waals surface area (Å²) in [5.41, 5.74) is 0. The molecule has 28 heavy (non-hydrogen) atoms. The third-order valence-corrected chi connectivity index (χ3v) is 5.53. The van der Waals surface area contributed by atoms with Crippen LogP contribution in [0.1, 0.15) is 110 Å². The van der Waals surface area contributed by atoms with Crippen molar-refractivity contribution in [3.05, 3.63) is 0 Å². The highest BCUT2D eigenvalue weighted by atomic mass is 16.5. The van der Waals surface area contributed by atoms with E-state index in [9.17, 15) is 0 Å². The van der Waals surface area contributed by atoms with Crippen LogP contribution in [0.2, 0.25) is 0 Å². The monoisotopic (exact) mass is 401 g/mol. The Hall–Kier alpha value is -0.160. The van der Waals surface area contributed by atoms with Gasteiger partial charge in [0, 0.05) is 26.2 Å². The van der Waals surface area contributed by atoms with Crippen LogP contribution in [0.3, 0.4) is 0 Å². The number of hydrogen-bond donors (Lipinski definition) is 2. The maximum atomic E-state index is 8.96. The van der Waals surface area contributed by atoms with E-state index in [2.05, 4.69) is 6.92 Å². The van der Waals surface area contributed by atoms with Crippen molar-refractivity contribution in [3.8, 4) is 0 Å². The zero-order valence-electron chi connectivity index (χ0n) is 19.0. The third kappa shape index (κ3) is 22.1. The van der Waals surface area contributed by atoms with E-state index in [0.717, 1.165) is 19.6 Å². The number of aliphatic hydroxyl groups is 2. The van der Waals surface area contributed by atoms with Crippen molar-refractivity contribution in [3.63, 3.8) is 0 Å². The Morgan fingerprint density at radius 1 is 0.500 bits per heavy atom. The average molecular weight is 402 g/mol. The molecule has 0 heterocycles. The average Bonchev–Trinajstić information content (AvgIpc) is 2.70. The predicted molar refractivity (Wildman–Crippen MR) is 121 cm³/mol. The number of hydrogen-bond acceptors (Lipinski definition) is 4. The Kier molecular flexibility index (Phi) is 24.7. The van der Waals surface area contributed by atoms with E-state index >= 15 is 0 Å². The normalized spacial score (nSPS) is 11.6. The topological polar surface area (TPSA) is 52.9 Å². The minimum atomic E-state index is 0.138. The summed E-state index contributed by atoms with van der Waals surface area (Å²) < 4.78 is 5.67. The SMILES string of the molecule is CCCCCCCCCCCCCCCCCCOCCN(CCO)CCO. The van der Waals surface area contributed by atoms with Crippen molar-refractivity contribution >= 4 is 0 Å². The summed E-state index contributed by atoms with van der Waals surface area (Å²) in [6.45, 7) is 6.11. The minimum absolute atomic E-state index is 0.138. The smallest absolute Gasteiger partial charge is 0.0593 e. The summed E-state index contributed by atoms with van der Waals surface area (Å²) >= 11 is 0. The Bertz CT molecular complexity index is 271. The predicted octanol–water partition coefficient (Wildman–Crippen LogP) is 5.55. The molecule has 170 valence electrons. The van der Waals surface area contributed by atoms with Crippen molar-refractivity contribution in [2.75, 3.05) is 46.1 Å². The zero-order chi connectivity index (χ0) is 20.5. The maximum absolute atomic E-state index is 8.96. The van der Waals surface area contributed by atoms with E-state index in [1.54, 1.807) is 0 Å². The number of rotatable bonds is 24. The van der Waals surface area contributed by atoms with Crippen LogP contribution >= 0.6 is 0 Å². The molecule has 0 saturated heterocycles. The van der Waals surface area contributed by atoms with Crippen LogP contribution in [-0.2, 0) is 4.74 Å². The van der Waals surface area contributed by atoms with E-state index in [0.29, 0.717) is 19.7 Å². The molecule has 0 saturated carbocycles. The lowest BCUT2D eigenvalue weighted by atomic mass is 10.0. The molecule has 0 aliphatic carbocycles. The van der Waals surface area contributed by atoms with Crippen molar-refractivity contribution in [2.45, 2.75) is 110 Å². The van der Waals surface area contributed by atoms with Gasteiger partial charge in [0.25, 0.3) is 0 Å². The van der Waals surface area contributed by atoms with Crippen molar-refractivity contribution < 1.29 is 14.9 Å². The second kappa shape index (κ2) is 24.9. The molecule has 0 unspecified atom stereocenters. The molecule has 0 aromatic heterocycles. The van der Waals surface area contributed by atoms with E-state index < -0.39 is 0 Å². The summed E-state index contributed by atoms with van der Waals surface area (Å²) in [6, 6.07) is 0. The van der Waals surface area contributed by atoms with E-state index in [-0.39, 0.29) is 13.2 Å². The van der Waals surface area contributed by atoms with Gasteiger partial charge in [-0.25, -0.2) is 0 Å². The maximum Gasteiger partial charge on any atom is 0.0593 e. The van der Waals surface area contributed by atoms with Gasteiger partial charge in [-0.05, 0) is 6.42 Å². The van der Waals surface area contributed by atoms with Gasteiger partial charge < -0.3 is 14.9 Å². The molecular weight excluding hydrogens is 350 g/mol. The fourth-order valence-corrected chi connectivity index (χ4v) is 3.67. The Morgan fingerprint density at radius 3 is 1.29 bits per heavy atom. The summed E-state index contributed by atoms with van der Waals surface area (Å²) in [7, 11) is 0. The van der Waals surface area contributed by atoms with Crippen LogP contribution in [0.15, 0.2) is 0 Å². The quantitative estimate of drug-likeness (QED) is 0.208. The van der Waals surface area contributed by atoms with Gasteiger partial charge in [0.1, 0.15) is 0 Å². The fraction of sp³-hybridized carbons (Fsp3) is 1.00. The highest BCUT2D eigenvalue weighted by molar-refractivity contribution is 4.55. The molecule has 0 aliphatic rings. The van der Waals surface area contributed by atoms with Crippen molar-refractivity contribution in [1.29, 1.82) is 0 Å². The molecule has 4 heteroatoms. The summed E-state index contributed by atoms with van der Waals surface area (Å²) in [4.78, 5) is 2.04. The molecule has 0 spiro atoms.